The Bertz CT molecular complexity index is 1190. The summed E-state index contributed by atoms with van der Waals surface area (Å²) in [6, 6.07) is 29.7. The molecule has 0 atom stereocenters. The lowest BCUT2D eigenvalue weighted by Gasteiger charge is -2.08. The van der Waals surface area contributed by atoms with Crippen LogP contribution in [0.3, 0.4) is 0 Å². The van der Waals surface area contributed by atoms with Crippen LogP contribution in [0.25, 0.3) is 27.5 Å². The molecule has 0 unspecified atom stereocenters. The minimum absolute atomic E-state index is 0.883. The Balaban J connectivity index is 1.82. The molecule has 2 heterocycles. The van der Waals surface area contributed by atoms with Crippen molar-refractivity contribution in [2.75, 3.05) is 0 Å². The maximum absolute atomic E-state index is 4.57. The zero-order valence-electron chi connectivity index (χ0n) is 14.3. The molecule has 0 N–H and O–H groups in total. The number of nitrogens with zero attached hydrogens (tertiary/aromatic N) is 2. The third-order valence-corrected chi connectivity index (χ3v) is 4.91. The van der Waals surface area contributed by atoms with Gasteiger partial charge in [0.1, 0.15) is 0 Å². The van der Waals surface area contributed by atoms with Gasteiger partial charge < -0.3 is 4.57 Å². The summed E-state index contributed by atoms with van der Waals surface area (Å²) in [4.78, 5) is 4.57. The molecule has 2 aromatic heterocycles. The molecule has 5 rings (SSSR count). The second-order valence-electron chi connectivity index (χ2n) is 6.54. The second-order valence-corrected chi connectivity index (χ2v) is 6.54. The van der Waals surface area contributed by atoms with Crippen molar-refractivity contribution in [3.8, 4) is 5.69 Å². The summed E-state index contributed by atoms with van der Waals surface area (Å²) in [5.41, 5.74) is 6.11. The van der Waals surface area contributed by atoms with E-state index in [1.54, 1.807) is 0 Å². The fourth-order valence-electron chi connectivity index (χ4n) is 3.79. The Morgan fingerprint density at radius 3 is 2.15 bits per heavy atom. The highest BCUT2D eigenvalue weighted by Gasteiger charge is 2.15. The zero-order chi connectivity index (χ0) is 17.3. The van der Waals surface area contributed by atoms with Crippen molar-refractivity contribution >= 4 is 21.8 Å². The number of hydrogen-bond donors (Lipinski definition) is 0. The summed E-state index contributed by atoms with van der Waals surface area (Å²) in [5, 5.41) is 2.57. The van der Waals surface area contributed by atoms with Crippen LogP contribution in [0.1, 0.15) is 11.1 Å². The smallest absolute Gasteiger partial charge is 0.0727 e. The summed E-state index contributed by atoms with van der Waals surface area (Å²) < 4.78 is 2.31. The maximum Gasteiger partial charge on any atom is 0.0727 e. The van der Waals surface area contributed by atoms with E-state index in [9.17, 15) is 0 Å². The number of hydrogen-bond acceptors (Lipinski definition) is 1. The third kappa shape index (κ3) is 2.39. The van der Waals surface area contributed by atoms with Crippen molar-refractivity contribution in [1.82, 2.24) is 9.55 Å². The van der Waals surface area contributed by atoms with Gasteiger partial charge in [0.15, 0.2) is 0 Å². The molecule has 0 spiro atoms. The van der Waals surface area contributed by atoms with Gasteiger partial charge >= 0.3 is 0 Å². The maximum atomic E-state index is 4.57. The molecule has 0 aliphatic heterocycles. The Labute approximate surface area is 152 Å². The van der Waals surface area contributed by atoms with Crippen LogP contribution in [-0.4, -0.2) is 9.55 Å². The third-order valence-electron chi connectivity index (χ3n) is 4.91. The molecule has 3 aromatic carbocycles. The van der Waals surface area contributed by atoms with Gasteiger partial charge in [-0.3, -0.25) is 4.98 Å². The van der Waals surface area contributed by atoms with Crippen LogP contribution in [-0.2, 0) is 6.42 Å². The lowest BCUT2D eigenvalue weighted by molar-refractivity contribution is 1.14. The van der Waals surface area contributed by atoms with Crippen LogP contribution in [0.2, 0.25) is 0 Å². The van der Waals surface area contributed by atoms with Crippen molar-refractivity contribution in [2.24, 2.45) is 0 Å². The minimum atomic E-state index is 0.883. The van der Waals surface area contributed by atoms with E-state index in [-0.39, 0.29) is 0 Å². The predicted molar refractivity (Wildman–Crippen MR) is 108 cm³/mol. The molecule has 0 aliphatic carbocycles. The van der Waals surface area contributed by atoms with Gasteiger partial charge in [-0.2, -0.15) is 0 Å². The number of benzene rings is 3. The molecule has 0 saturated heterocycles. The predicted octanol–water partition coefficient (Wildman–Crippen LogP) is 5.77. The van der Waals surface area contributed by atoms with E-state index < -0.39 is 0 Å². The molecule has 5 aromatic rings. The molecule has 124 valence electrons. The zero-order valence-corrected chi connectivity index (χ0v) is 14.3. The largest absolute Gasteiger partial charge is 0.308 e. The van der Waals surface area contributed by atoms with Crippen LogP contribution >= 0.6 is 0 Å². The van der Waals surface area contributed by atoms with Gasteiger partial charge in [0.2, 0.25) is 0 Å². The normalized spacial score (nSPS) is 11.2. The van der Waals surface area contributed by atoms with Crippen molar-refractivity contribution in [3.05, 3.63) is 108 Å². The first kappa shape index (κ1) is 14.9. The summed E-state index contributed by atoms with van der Waals surface area (Å²) in [7, 11) is 0. The first-order chi connectivity index (χ1) is 12.9. The Hall–Kier alpha value is -3.39. The van der Waals surface area contributed by atoms with Crippen molar-refractivity contribution in [3.63, 3.8) is 0 Å². The standard InChI is InChI=1S/C24H18N2/c1-3-9-18(10-4-1)15-19-16-25-17-23-24(19)21-13-7-8-14-22(21)26(23)20-11-5-2-6-12-20/h1-14,16-17H,15H2. The number of aromatic nitrogens is 2. The Morgan fingerprint density at radius 2 is 1.35 bits per heavy atom. The number of para-hydroxylation sites is 2. The summed E-state index contributed by atoms with van der Waals surface area (Å²) >= 11 is 0. The average Bonchev–Trinajstić information content (AvgIpc) is 3.05. The minimum Gasteiger partial charge on any atom is -0.308 e. The highest BCUT2D eigenvalue weighted by Crippen LogP contribution is 2.34. The van der Waals surface area contributed by atoms with Crippen LogP contribution in [0.4, 0.5) is 0 Å². The molecule has 26 heavy (non-hydrogen) atoms. The fraction of sp³-hybridized carbons (Fsp3) is 0.0417. The van der Waals surface area contributed by atoms with Gasteiger partial charge in [-0.15, -0.1) is 0 Å². The van der Waals surface area contributed by atoms with E-state index in [1.165, 1.54) is 27.4 Å². The number of fused-ring (bicyclic) bond motifs is 3. The van der Waals surface area contributed by atoms with Gasteiger partial charge in [-0.25, -0.2) is 0 Å². The molecule has 0 radical (unpaired) electrons. The van der Waals surface area contributed by atoms with Crippen molar-refractivity contribution in [2.45, 2.75) is 6.42 Å². The molecule has 0 aliphatic rings. The second kappa shape index (κ2) is 6.16. The van der Waals surface area contributed by atoms with Crippen molar-refractivity contribution in [1.29, 1.82) is 0 Å². The molecule has 2 heteroatoms. The molecule has 2 nitrogen and oxygen atoms in total. The molecule has 0 bridgehead atoms. The van der Waals surface area contributed by atoms with Crippen LogP contribution < -0.4 is 0 Å². The van der Waals surface area contributed by atoms with Gasteiger partial charge in [0, 0.05) is 22.7 Å². The number of pyridine rings is 1. The summed E-state index contributed by atoms with van der Waals surface area (Å²) in [6.07, 6.45) is 4.88. The van der Waals surface area contributed by atoms with Gasteiger partial charge in [0.05, 0.1) is 17.2 Å². The number of rotatable bonds is 3. The SMILES string of the molecule is c1ccc(Cc2cncc3c2c2ccccc2n3-c2ccccc2)cc1. The highest BCUT2D eigenvalue weighted by molar-refractivity contribution is 6.10. The Kier molecular flexibility index (Phi) is 3.53. The van der Waals surface area contributed by atoms with Crippen LogP contribution in [0, 0.1) is 0 Å². The van der Waals surface area contributed by atoms with E-state index >= 15 is 0 Å². The average molecular weight is 334 g/mol. The lowest BCUT2D eigenvalue weighted by atomic mass is 10.0. The van der Waals surface area contributed by atoms with Crippen molar-refractivity contribution < 1.29 is 0 Å². The van der Waals surface area contributed by atoms with E-state index in [0.29, 0.717) is 0 Å². The molecule has 0 amide bonds. The highest BCUT2D eigenvalue weighted by atomic mass is 15.0. The topological polar surface area (TPSA) is 17.8 Å². The van der Waals surface area contributed by atoms with E-state index in [4.69, 9.17) is 0 Å². The van der Waals surface area contributed by atoms with E-state index in [1.807, 2.05) is 12.4 Å². The quantitative estimate of drug-likeness (QED) is 0.409. The van der Waals surface area contributed by atoms with Gasteiger partial charge in [-0.1, -0.05) is 66.7 Å². The first-order valence-corrected chi connectivity index (χ1v) is 8.87. The first-order valence-electron chi connectivity index (χ1n) is 8.87. The summed E-state index contributed by atoms with van der Waals surface area (Å²) in [6.45, 7) is 0. The summed E-state index contributed by atoms with van der Waals surface area (Å²) in [5.74, 6) is 0. The van der Waals surface area contributed by atoms with Crippen LogP contribution in [0.5, 0.6) is 0 Å². The van der Waals surface area contributed by atoms with E-state index in [0.717, 1.165) is 17.6 Å². The molecular weight excluding hydrogens is 316 g/mol. The molecule has 0 saturated carbocycles. The monoisotopic (exact) mass is 334 g/mol. The molecular formula is C24H18N2. The van der Waals surface area contributed by atoms with E-state index in [2.05, 4.69) is 94.5 Å². The van der Waals surface area contributed by atoms with Gasteiger partial charge in [0.25, 0.3) is 0 Å². The molecule has 0 fully saturated rings. The van der Waals surface area contributed by atoms with Gasteiger partial charge in [-0.05, 0) is 35.7 Å². The lowest BCUT2D eigenvalue weighted by Crippen LogP contribution is -1.95. The Morgan fingerprint density at radius 1 is 0.654 bits per heavy atom. The fourth-order valence-corrected chi connectivity index (χ4v) is 3.79. The van der Waals surface area contributed by atoms with Crippen LogP contribution in [0.15, 0.2) is 97.3 Å².